The summed E-state index contributed by atoms with van der Waals surface area (Å²) in [6.45, 7) is 5.30. The van der Waals surface area contributed by atoms with E-state index in [9.17, 15) is 9.90 Å². The molecule has 0 amide bonds. The highest BCUT2D eigenvalue weighted by molar-refractivity contribution is 5.76. The molecule has 6 nitrogen and oxygen atoms in total. The van der Waals surface area contributed by atoms with Gasteiger partial charge in [0.15, 0.2) is 5.60 Å². The van der Waals surface area contributed by atoms with Crippen LogP contribution in [0.5, 0.6) is 11.5 Å². The summed E-state index contributed by atoms with van der Waals surface area (Å²) in [5.74, 6) is 1.32. The van der Waals surface area contributed by atoms with Crippen molar-refractivity contribution in [1.29, 1.82) is 0 Å². The van der Waals surface area contributed by atoms with Crippen LogP contribution in [-0.4, -0.2) is 28.3 Å². The molecule has 0 aliphatic heterocycles. The molecule has 174 valence electrons. The van der Waals surface area contributed by atoms with Gasteiger partial charge in [0.25, 0.3) is 0 Å². The van der Waals surface area contributed by atoms with E-state index in [1.807, 2.05) is 37.3 Å². The Hall–Kier alpha value is -4.06. The van der Waals surface area contributed by atoms with Crippen molar-refractivity contribution in [3.8, 4) is 34.1 Å². The molecule has 0 bridgehead atoms. The summed E-state index contributed by atoms with van der Waals surface area (Å²) in [6, 6.07) is 25.3. The van der Waals surface area contributed by atoms with E-state index < -0.39 is 11.6 Å². The number of hydrogen-bond acceptors (Lipinski definition) is 5. The second kappa shape index (κ2) is 9.83. The van der Waals surface area contributed by atoms with Gasteiger partial charge in [-0.2, -0.15) is 0 Å². The first-order valence-corrected chi connectivity index (χ1v) is 11.1. The lowest BCUT2D eigenvalue weighted by Gasteiger charge is -2.21. The van der Waals surface area contributed by atoms with Gasteiger partial charge in [-0.05, 0) is 56.2 Å². The molecule has 4 rings (SSSR count). The zero-order valence-electron chi connectivity index (χ0n) is 19.4. The lowest BCUT2D eigenvalue weighted by molar-refractivity contribution is -0.152. The molecule has 0 saturated heterocycles. The van der Waals surface area contributed by atoms with E-state index >= 15 is 0 Å². The Morgan fingerprint density at radius 2 is 1.59 bits per heavy atom. The molecule has 0 aliphatic carbocycles. The number of rotatable bonds is 9. The van der Waals surface area contributed by atoms with Gasteiger partial charge >= 0.3 is 5.97 Å². The van der Waals surface area contributed by atoms with Crippen molar-refractivity contribution < 1.29 is 23.8 Å². The molecular weight excluding hydrogens is 430 g/mol. The highest BCUT2D eigenvalue weighted by Crippen LogP contribution is 2.28. The number of carboxylic acids is 1. The van der Waals surface area contributed by atoms with E-state index in [1.165, 1.54) is 13.8 Å². The fourth-order valence-corrected chi connectivity index (χ4v) is 3.48. The van der Waals surface area contributed by atoms with Gasteiger partial charge in [-0.1, -0.05) is 48.5 Å². The van der Waals surface area contributed by atoms with Gasteiger partial charge in [0.05, 0.1) is 12.3 Å². The predicted molar refractivity (Wildman–Crippen MR) is 130 cm³/mol. The second-order valence-corrected chi connectivity index (χ2v) is 8.46. The number of carboxylic acid groups (broad SMARTS) is 1. The van der Waals surface area contributed by atoms with Crippen molar-refractivity contribution in [1.82, 2.24) is 4.98 Å². The van der Waals surface area contributed by atoms with Crippen molar-refractivity contribution in [2.75, 3.05) is 6.61 Å². The zero-order chi connectivity index (χ0) is 24.1. The fourth-order valence-electron chi connectivity index (χ4n) is 3.48. The van der Waals surface area contributed by atoms with Crippen molar-refractivity contribution in [2.24, 2.45) is 0 Å². The molecule has 4 aromatic rings. The van der Waals surface area contributed by atoms with Gasteiger partial charge in [-0.15, -0.1) is 0 Å². The van der Waals surface area contributed by atoms with Crippen LogP contribution in [0, 0.1) is 6.92 Å². The number of benzene rings is 3. The quantitative estimate of drug-likeness (QED) is 0.323. The third kappa shape index (κ3) is 5.46. The minimum absolute atomic E-state index is 0.392. The number of ether oxygens (including phenoxy) is 2. The molecule has 34 heavy (non-hydrogen) atoms. The third-order valence-electron chi connectivity index (χ3n) is 5.41. The average molecular weight is 458 g/mol. The molecule has 0 spiro atoms. The van der Waals surface area contributed by atoms with Gasteiger partial charge in [0.2, 0.25) is 5.89 Å². The lowest BCUT2D eigenvalue weighted by Crippen LogP contribution is -2.37. The van der Waals surface area contributed by atoms with E-state index in [0.29, 0.717) is 30.4 Å². The van der Waals surface area contributed by atoms with Gasteiger partial charge < -0.3 is 19.0 Å². The summed E-state index contributed by atoms with van der Waals surface area (Å²) in [5, 5.41) is 9.25. The molecule has 3 aromatic carbocycles. The second-order valence-electron chi connectivity index (χ2n) is 8.46. The van der Waals surface area contributed by atoms with Crippen molar-refractivity contribution >= 4 is 5.97 Å². The van der Waals surface area contributed by atoms with Crippen molar-refractivity contribution in [3.63, 3.8) is 0 Å². The van der Waals surface area contributed by atoms with Crippen LogP contribution in [0.25, 0.3) is 22.6 Å². The molecule has 1 heterocycles. The Morgan fingerprint density at radius 3 is 2.35 bits per heavy atom. The average Bonchev–Trinajstić information content (AvgIpc) is 3.20. The number of aliphatic carboxylic acids is 1. The van der Waals surface area contributed by atoms with E-state index in [4.69, 9.17) is 18.9 Å². The first-order chi connectivity index (χ1) is 16.3. The van der Waals surface area contributed by atoms with Crippen LogP contribution in [0.4, 0.5) is 0 Å². The monoisotopic (exact) mass is 457 g/mol. The Kier molecular flexibility index (Phi) is 6.68. The maximum Gasteiger partial charge on any atom is 0.347 e. The van der Waals surface area contributed by atoms with Crippen LogP contribution in [0.15, 0.2) is 83.3 Å². The number of aryl methyl sites for hydroxylation is 1. The SMILES string of the molecule is Cc1oc(-c2cccc(-c3ccccc3)c2)nc1CCOc1cccc(OC(C)(C)C(=O)O)c1. The van der Waals surface area contributed by atoms with Crippen molar-refractivity contribution in [3.05, 3.63) is 90.3 Å². The zero-order valence-corrected chi connectivity index (χ0v) is 19.4. The largest absolute Gasteiger partial charge is 0.493 e. The number of nitrogens with zero attached hydrogens (tertiary/aromatic N) is 1. The fraction of sp³-hybridized carbons (Fsp3) is 0.214. The summed E-state index contributed by atoms with van der Waals surface area (Å²) in [7, 11) is 0. The highest BCUT2D eigenvalue weighted by atomic mass is 16.5. The molecule has 0 saturated carbocycles. The van der Waals surface area contributed by atoms with E-state index in [0.717, 1.165) is 28.1 Å². The third-order valence-corrected chi connectivity index (χ3v) is 5.41. The minimum atomic E-state index is -1.33. The summed E-state index contributed by atoms with van der Waals surface area (Å²) < 4.78 is 17.4. The van der Waals surface area contributed by atoms with Gasteiger partial charge in [-0.25, -0.2) is 9.78 Å². The van der Waals surface area contributed by atoms with E-state index in [2.05, 4.69) is 24.3 Å². The Balaban J connectivity index is 1.41. The van der Waals surface area contributed by atoms with E-state index in [1.54, 1.807) is 24.3 Å². The minimum Gasteiger partial charge on any atom is -0.493 e. The summed E-state index contributed by atoms with van der Waals surface area (Å²) in [6.07, 6.45) is 0.569. The van der Waals surface area contributed by atoms with Crippen LogP contribution in [0.1, 0.15) is 25.3 Å². The molecule has 6 heteroatoms. The van der Waals surface area contributed by atoms with Gasteiger partial charge in [0, 0.05) is 18.1 Å². The molecule has 1 N–H and O–H groups in total. The molecule has 0 radical (unpaired) electrons. The number of aromatic nitrogens is 1. The molecule has 0 unspecified atom stereocenters. The van der Waals surface area contributed by atoms with Crippen LogP contribution in [0.3, 0.4) is 0 Å². The normalized spacial score (nSPS) is 11.3. The summed E-state index contributed by atoms with van der Waals surface area (Å²) in [4.78, 5) is 16.0. The van der Waals surface area contributed by atoms with Gasteiger partial charge in [-0.3, -0.25) is 0 Å². The predicted octanol–water partition coefficient (Wildman–Crippen LogP) is 6.18. The van der Waals surface area contributed by atoms with Crippen LogP contribution >= 0.6 is 0 Å². The first kappa shape index (κ1) is 23.1. The topological polar surface area (TPSA) is 81.8 Å². The Morgan fingerprint density at radius 1 is 0.912 bits per heavy atom. The van der Waals surface area contributed by atoms with Crippen molar-refractivity contribution in [2.45, 2.75) is 32.8 Å². The maximum atomic E-state index is 11.3. The standard InChI is InChI=1S/C28H27NO5/c1-19-25(15-16-32-23-13-8-14-24(18-23)34-28(2,3)27(30)31)29-26(33-19)22-12-7-11-21(17-22)20-9-5-4-6-10-20/h4-14,17-18H,15-16H2,1-3H3,(H,30,31). The molecule has 0 fully saturated rings. The highest BCUT2D eigenvalue weighted by Gasteiger charge is 2.29. The summed E-state index contributed by atoms with van der Waals surface area (Å²) >= 11 is 0. The van der Waals surface area contributed by atoms with Gasteiger partial charge in [0.1, 0.15) is 17.3 Å². The molecule has 1 aromatic heterocycles. The van der Waals surface area contributed by atoms with Crippen LogP contribution in [0.2, 0.25) is 0 Å². The Bertz CT molecular complexity index is 1280. The summed E-state index contributed by atoms with van der Waals surface area (Å²) in [5.41, 5.74) is 2.67. The van der Waals surface area contributed by atoms with Crippen LogP contribution in [-0.2, 0) is 11.2 Å². The Labute approximate surface area is 198 Å². The molecule has 0 aliphatic rings. The smallest absolute Gasteiger partial charge is 0.347 e. The molecule has 0 atom stereocenters. The number of carbonyl (C=O) groups is 1. The molecular formula is C28H27NO5. The lowest BCUT2D eigenvalue weighted by atomic mass is 10.0. The van der Waals surface area contributed by atoms with E-state index in [-0.39, 0.29) is 0 Å². The number of oxazole rings is 1. The maximum absolute atomic E-state index is 11.3. The van der Waals surface area contributed by atoms with Crippen LogP contribution < -0.4 is 9.47 Å². The number of hydrogen-bond donors (Lipinski definition) is 1. The first-order valence-electron chi connectivity index (χ1n) is 11.1.